The zero-order chi connectivity index (χ0) is 51.3. The summed E-state index contributed by atoms with van der Waals surface area (Å²) < 4.78 is 5.08. The van der Waals surface area contributed by atoms with Crippen molar-refractivity contribution in [3.63, 3.8) is 0 Å². The van der Waals surface area contributed by atoms with E-state index in [1.54, 1.807) is 0 Å². The van der Waals surface area contributed by atoms with Gasteiger partial charge < -0.3 is 9.13 Å². The van der Waals surface area contributed by atoms with Crippen LogP contribution in [0.3, 0.4) is 0 Å². The first-order chi connectivity index (χ1) is 34.6. The molecule has 0 unspecified atom stereocenters. The predicted molar refractivity (Wildman–Crippen MR) is 312 cm³/mol. The van der Waals surface area contributed by atoms with E-state index in [-0.39, 0.29) is 21.7 Å². The van der Waals surface area contributed by atoms with E-state index in [0.717, 1.165) is 0 Å². The fraction of sp³-hybridized carbons (Fsp3) is 0.268. The van der Waals surface area contributed by atoms with Crippen LogP contribution in [0.5, 0.6) is 0 Å². The molecule has 0 amide bonds. The highest BCUT2D eigenvalue weighted by Crippen LogP contribution is 2.63. The zero-order valence-electron chi connectivity index (χ0n) is 45.6. The molecule has 2 heteroatoms. The topological polar surface area (TPSA) is 9.86 Å². The average molecular weight is 951 g/mol. The normalized spacial score (nSPS) is 14.0. The van der Waals surface area contributed by atoms with Gasteiger partial charge in [-0.05, 0) is 150 Å². The summed E-state index contributed by atoms with van der Waals surface area (Å²) in [5.41, 5.74) is 28.0. The molecule has 0 saturated carbocycles. The molecule has 0 fully saturated rings. The van der Waals surface area contributed by atoms with Crippen LogP contribution >= 0.6 is 0 Å². The summed E-state index contributed by atoms with van der Waals surface area (Å²) in [4.78, 5) is 0. The van der Waals surface area contributed by atoms with Gasteiger partial charge in [0, 0.05) is 44.7 Å². The van der Waals surface area contributed by atoms with E-state index in [1.165, 1.54) is 134 Å². The lowest BCUT2D eigenvalue weighted by Crippen LogP contribution is -2.26. The first kappa shape index (κ1) is 46.9. The summed E-state index contributed by atoms with van der Waals surface area (Å²) in [6.07, 6.45) is 0. The van der Waals surface area contributed by atoms with Crippen molar-refractivity contribution in [3.05, 3.63) is 226 Å². The van der Waals surface area contributed by atoms with E-state index in [0.29, 0.717) is 0 Å². The fourth-order valence-corrected chi connectivity index (χ4v) is 12.8. The van der Waals surface area contributed by atoms with Crippen molar-refractivity contribution in [3.8, 4) is 55.9 Å². The summed E-state index contributed by atoms with van der Waals surface area (Å²) >= 11 is 0. The SMILES string of the molecule is Cc1c(-c2cc(C(C)(C)C)cc(C(C)(C)C)c2)c2ccccc2n1-c1ccc2c(c1)C1(c3ccccc3-c3ccccc31)c1cc(-n3c(C)c(-c4cc(C(C)(C)C)cc(C(C)(C)C)c4)c4ccccc43)ccc1-2. The fourth-order valence-electron chi connectivity index (χ4n) is 12.8. The molecule has 8 aromatic carbocycles. The molecule has 2 heterocycles. The first-order valence-electron chi connectivity index (χ1n) is 26.6. The number of fused-ring (bicyclic) bond motifs is 12. The van der Waals surface area contributed by atoms with Gasteiger partial charge >= 0.3 is 0 Å². The summed E-state index contributed by atoms with van der Waals surface area (Å²) in [7, 11) is 0. The van der Waals surface area contributed by atoms with Gasteiger partial charge in [0.15, 0.2) is 0 Å². The zero-order valence-corrected chi connectivity index (χ0v) is 45.6. The Bertz CT molecular complexity index is 3590. The Balaban J connectivity index is 1.10. The molecule has 2 nitrogen and oxygen atoms in total. The highest BCUT2D eigenvalue weighted by molar-refractivity contribution is 6.02. The van der Waals surface area contributed by atoms with Crippen molar-refractivity contribution in [2.45, 2.75) is 124 Å². The minimum absolute atomic E-state index is 0.00294. The Morgan fingerprint density at radius 1 is 0.315 bits per heavy atom. The molecule has 12 rings (SSSR count). The predicted octanol–water partition coefficient (Wildman–Crippen LogP) is 19.1. The molecule has 10 aromatic rings. The van der Waals surface area contributed by atoms with Gasteiger partial charge in [-0.1, -0.05) is 217 Å². The Hall–Kier alpha value is -7.16. The molecule has 73 heavy (non-hydrogen) atoms. The van der Waals surface area contributed by atoms with Gasteiger partial charge in [0.2, 0.25) is 0 Å². The summed E-state index contributed by atoms with van der Waals surface area (Å²) in [6.45, 7) is 32.7. The molecule has 364 valence electrons. The standard InChI is InChI=1S/C71H70N2/c1-43-65(45-35-47(67(3,4)5)39-48(36-45)68(6,7)8)57-25-17-21-29-63(57)72(43)51-31-33-55-56-34-32-52(42-62(56)71(61(55)41-51)59-27-19-15-23-53(59)54-24-16-20-28-60(54)71)73-44(2)66(58-26-18-22-30-64(58)73)46-37-49(69(9,10)11)40-50(38-46)70(12,13)14/h15-42H,1-14H3. The highest BCUT2D eigenvalue weighted by atomic mass is 15.0. The monoisotopic (exact) mass is 951 g/mol. The van der Waals surface area contributed by atoms with E-state index >= 15 is 0 Å². The minimum Gasteiger partial charge on any atom is -0.313 e. The summed E-state index contributed by atoms with van der Waals surface area (Å²) in [5, 5.41) is 2.55. The largest absolute Gasteiger partial charge is 0.313 e. The molecule has 1 spiro atoms. The number of para-hydroxylation sites is 2. The second kappa shape index (κ2) is 15.9. The highest BCUT2D eigenvalue weighted by Gasteiger charge is 2.52. The van der Waals surface area contributed by atoms with Crippen LogP contribution in [0, 0.1) is 13.8 Å². The van der Waals surface area contributed by atoms with Gasteiger partial charge in [0.1, 0.15) is 0 Å². The van der Waals surface area contributed by atoms with Crippen LogP contribution in [0.4, 0.5) is 0 Å². The number of hydrogen-bond acceptors (Lipinski definition) is 0. The van der Waals surface area contributed by atoms with E-state index in [1.807, 2.05) is 0 Å². The number of benzene rings is 8. The van der Waals surface area contributed by atoms with Gasteiger partial charge in [0.25, 0.3) is 0 Å². The van der Waals surface area contributed by atoms with Crippen molar-refractivity contribution in [1.29, 1.82) is 0 Å². The lowest BCUT2D eigenvalue weighted by atomic mass is 9.70. The van der Waals surface area contributed by atoms with E-state index in [2.05, 4.69) is 276 Å². The quantitative estimate of drug-likeness (QED) is 0.166. The average Bonchev–Trinajstić information content (AvgIpc) is 4.02. The van der Waals surface area contributed by atoms with Crippen molar-refractivity contribution < 1.29 is 0 Å². The van der Waals surface area contributed by atoms with Gasteiger partial charge in [-0.2, -0.15) is 0 Å². The molecule has 0 aliphatic heterocycles. The molecule has 2 aromatic heterocycles. The second-order valence-electron chi connectivity index (χ2n) is 25.5. The van der Waals surface area contributed by atoms with E-state index in [4.69, 9.17) is 0 Å². The third kappa shape index (κ3) is 7.03. The van der Waals surface area contributed by atoms with Crippen molar-refractivity contribution >= 4 is 21.8 Å². The van der Waals surface area contributed by atoms with Crippen LogP contribution in [0.15, 0.2) is 170 Å². The van der Waals surface area contributed by atoms with Gasteiger partial charge in [-0.25, -0.2) is 0 Å². The van der Waals surface area contributed by atoms with Crippen molar-refractivity contribution in [2.24, 2.45) is 0 Å². The molecule has 2 aliphatic carbocycles. The second-order valence-corrected chi connectivity index (χ2v) is 25.5. The summed E-state index contributed by atoms with van der Waals surface area (Å²) in [5.74, 6) is 0. The van der Waals surface area contributed by atoms with E-state index < -0.39 is 5.41 Å². The Morgan fingerprint density at radius 3 is 0.986 bits per heavy atom. The lowest BCUT2D eigenvalue weighted by Gasteiger charge is -2.31. The minimum atomic E-state index is -0.547. The van der Waals surface area contributed by atoms with Crippen LogP contribution in [0.2, 0.25) is 0 Å². The van der Waals surface area contributed by atoms with Crippen molar-refractivity contribution in [1.82, 2.24) is 9.13 Å². The Kier molecular flexibility index (Phi) is 10.2. The maximum absolute atomic E-state index is 2.55. The molecule has 2 aliphatic rings. The molecular formula is C71H70N2. The molecule has 0 N–H and O–H groups in total. The first-order valence-corrected chi connectivity index (χ1v) is 26.6. The van der Waals surface area contributed by atoms with Crippen LogP contribution in [0.25, 0.3) is 77.7 Å². The summed E-state index contributed by atoms with van der Waals surface area (Å²) in [6, 6.07) is 65.9. The number of hydrogen-bond donors (Lipinski definition) is 0. The number of nitrogens with zero attached hydrogens (tertiary/aromatic N) is 2. The third-order valence-corrected chi connectivity index (χ3v) is 16.7. The Morgan fingerprint density at radius 2 is 0.630 bits per heavy atom. The molecule has 0 saturated heterocycles. The van der Waals surface area contributed by atoms with Crippen LogP contribution in [-0.4, -0.2) is 9.13 Å². The maximum Gasteiger partial charge on any atom is 0.0727 e. The third-order valence-electron chi connectivity index (χ3n) is 16.7. The van der Waals surface area contributed by atoms with Crippen LogP contribution in [0.1, 0.15) is 139 Å². The number of rotatable bonds is 4. The Labute approximate surface area is 434 Å². The van der Waals surface area contributed by atoms with Gasteiger partial charge in [-0.3, -0.25) is 0 Å². The van der Waals surface area contributed by atoms with Gasteiger partial charge in [-0.15, -0.1) is 0 Å². The lowest BCUT2D eigenvalue weighted by molar-refractivity contribution is 0.568. The van der Waals surface area contributed by atoms with Gasteiger partial charge in [0.05, 0.1) is 16.4 Å². The maximum atomic E-state index is 2.55. The molecule has 0 atom stereocenters. The van der Waals surface area contributed by atoms with E-state index in [9.17, 15) is 0 Å². The van der Waals surface area contributed by atoms with Crippen LogP contribution in [-0.2, 0) is 27.1 Å². The van der Waals surface area contributed by atoms with Crippen LogP contribution < -0.4 is 0 Å². The molecular weight excluding hydrogens is 881 g/mol. The molecule has 0 bridgehead atoms. The smallest absolute Gasteiger partial charge is 0.0727 e. The number of aromatic nitrogens is 2. The molecule has 0 radical (unpaired) electrons. The van der Waals surface area contributed by atoms with Crippen molar-refractivity contribution in [2.75, 3.05) is 0 Å².